The lowest BCUT2D eigenvalue weighted by Crippen LogP contribution is -2.03. The predicted molar refractivity (Wildman–Crippen MR) is 104 cm³/mol. The highest BCUT2D eigenvalue weighted by molar-refractivity contribution is 6.31. The van der Waals surface area contributed by atoms with Crippen molar-refractivity contribution in [1.29, 1.82) is 0 Å². The van der Waals surface area contributed by atoms with Gasteiger partial charge >= 0.3 is 11.6 Å². The van der Waals surface area contributed by atoms with Gasteiger partial charge in [-0.3, -0.25) is 10.1 Å². The second kappa shape index (κ2) is 8.18. The van der Waals surface area contributed by atoms with Crippen LogP contribution in [-0.4, -0.2) is 14.9 Å². The number of nitro groups is 1. The van der Waals surface area contributed by atoms with E-state index in [1.54, 1.807) is 12.1 Å². The lowest BCUT2D eigenvalue weighted by molar-refractivity contribution is -0.385. The van der Waals surface area contributed by atoms with E-state index in [4.69, 9.17) is 16.3 Å². The van der Waals surface area contributed by atoms with Gasteiger partial charge in [-0.15, -0.1) is 0 Å². The third-order valence-electron chi connectivity index (χ3n) is 3.91. The first-order valence-corrected chi connectivity index (χ1v) is 8.72. The Hall–Kier alpha value is -3.26. The summed E-state index contributed by atoms with van der Waals surface area (Å²) in [5, 5.41) is 14.2. The second-order valence-corrected chi connectivity index (χ2v) is 6.62. The zero-order chi connectivity index (χ0) is 20.3. The molecule has 3 aromatic rings. The van der Waals surface area contributed by atoms with Crippen LogP contribution in [0, 0.1) is 15.9 Å². The van der Waals surface area contributed by atoms with Crippen molar-refractivity contribution in [3.8, 4) is 11.6 Å². The standard InChI is InChI=1S/C19H16ClFN4O3/c1-11(2)12-3-6-14(7-4-12)28-19-17(25(26)27)18(22-10-23-19)24-13-5-8-16(21)15(20)9-13/h3-11H,1-2H3,(H,22,23,24). The van der Waals surface area contributed by atoms with Crippen molar-refractivity contribution in [2.24, 2.45) is 0 Å². The van der Waals surface area contributed by atoms with Gasteiger partial charge in [0.05, 0.1) is 9.95 Å². The smallest absolute Gasteiger partial charge is 0.373 e. The Bertz CT molecular complexity index is 1010. The number of nitrogens with zero attached hydrogens (tertiary/aromatic N) is 3. The summed E-state index contributed by atoms with van der Waals surface area (Å²) in [6, 6.07) is 11.0. The topological polar surface area (TPSA) is 90.2 Å². The van der Waals surface area contributed by atoms with Gasteiger partial charge in [0, 0.05) is 5.69 Å². The summed E-state index contributed by atoms with van der Waals surface area (Å²) in [5.74, 6) is -0.162. The Morgan fingerprint density at radius 1 is 1.18 bits per heavy atom. The average Bonchev–Trinajstić information content (AvgIpc) is 2.65. The highest BCUT2D eigenvalue weighted by Gasteiger charge is 2.25. The molecule has 0 atom stereocenters. The summed E-state index contributed by atoms with van der Waals surface area (Å²) >= 11 is 5.75. The Balaban J connectivity index is 1.92. The van der Waals surface area contributed by atoms with E-state index in [0.717, 1.165) is 18.0 Å². The molecule has 1 aromatic heterocycles. The molecular formula is C19H16ClFN4O3. The van der Waals surface area contributed by atoms with Gasteiger partial charge in [-0.05, 0) is 41.8 Å². The zero-order valence-electron chi connectivity index (χ0n) is 15.0. The Morgan fingerprint density at radius 3 is 2.50 bits per heavy atom. The van der Waals surface area contributed by atoms with Crippen LogP contribution in [0.1, 0.15) is 25.3 Å². The second-order valence-electron chi connectivity index (χ2n) is 6.21. The molecule has 0 fully saturated rings. The average molecular weight is 403 g/mol. The molecule has 0 saturated carbocycles. The molecule has 1 heterocycles. The minimum atomic E-state index is -0.648. The number of aromatic nitrogens is 2. The molecule has 0 spiro atoms. The van der Waals surface area contributed by atoms with Crippen molar-refractivity contribution in [3.63, 3.8) is 0 Å². The van der Waals surface area contributed by atoms with Crippen molar-refractivity contribution < 1.29 is 14.1 Å². The van der Waals surface area contributed by atoms with E-state index in [1.807, 2.05) is 12.1 Å². The molecule has 0 aliphatic rings. The van der Waals surface area contributed by atoms with Crippen molar-refractivity contribution >= 4 is 28.8 Å². The lowest BCUT2D eigenvalue weighted by atomic mass is 10.0. The van der Waals surface area contributed by atoms with E-state index in [1.165, 1.54) is 12.1 Å². The van der Waals surface area contributed by atoms with Crippen molar-refractivity contribution in [2.45, 2.75) is 19.8 Å². The Kier molecular flexibility index (Phi) is 5.70. The van der Waals surface area contributed by atoms with Gasteiger partial charge < -0.3 is 10.1 Å². The van der Waals surface area contributed by atoms with E-state index in [-0.39, 0.29) is 16.7 Å². The van der Waals surface area contributed by atoms with E-state index in [0.29, 0.717) is 17.4 Å². The fourth-order valence-corrected chi connectivity index (χ4v) is 2.62. The SMILES string of the molecule is CC(C)c1ccc(Oc2ncnc(Nc3ccc(F)c(Cl)c3)c2[N+](=O)[O-])cc1. The maximum Gasteiger partial charge on any atom is 0.373 e. The maximum atomic E-state index is 13.3. The van der Waals surface area contributed by atoms with E-state index in [9.17, 15) is 14.5 Å². The first-order valence-electron chi connectivity index (χ1n) is 8.34. The first-order chi connectivity index (χ1) is 13.3. The third kappa shape index (κ3) is 4.34. The molecule has 0 aliphatic heterocycles. The number of ether oxygens (including phenoxy) is 1. The van der Waals surface area contributed by atoms with Crippen LogP contribution in [0.25, 0.3) is 0 Å². The van der Waals surface area contributed by atoms with E-state index >= 15 is 0 Å². The molecule has 144 valence electrons. The van der Waals surface area contributed by atoms with Crippen molar-refractivity contribution in [3.05, 3.63) is 75.3 Å². The summed E-state index contributed by atoms with van der Waals surface area (Å²) in [5.41, 5.74) is 0.997. The predicted octanol–water partition coefficient (Wildman–Crippen LogP) is 5.84. The Labute approximate surface area is 165 Å². The van der Waals surface area contributed by atoms with E-state index in [2.05, 4.69) is 29.1 Å². The van der Waals surface area contributed by atoms with Crippen LogP contribution in [0.15, 0.2) is 48.8 Å². The maximum absolute atomic E-state index is 13.3. The van der Waals surface area contributed by atoms with Gasteiger partial charge in [0.25, 0.3) is 0 Å². The lowest BCUT2D eigenvalue weighted by Gasteiger charge is -2.10. The van der Waals surface area contributed by atoms with Crippen LogP contribution in [0.4, 0.5) is 21.6 Å². The van der Waals surface area contributed by atoms with Crippen LogP contribution in [0.5, 0.6) is 11.6 Å². The Morgan fingerprint density at radius 2 is 1.89 bits per heavy atom. The summed E-state index contributed by atoms with van der Waals surface area (Å²) in [6.45, 7) is 4.12. The van der Waals surface area contributed by atoms with Gasteiger partial charge in [0.15, 0.2) is 0 Å². The van der Waals surface area contributed by atoms with Crippen LogP contribution in [0.3, 0.4) is 0 Å². The normalized spacial score (nSPS) is 10.8. The first kappa shape index (κ1) is 19.5. The fourth-order valence-electron chi connectivity index (χ4n) is 2.44. The number of benzene rings is 2. The number of halogens is 2. The molecule has 0 saturated heterocycles. The van der Waals surface area contributed by atoms with Gasteiger partial charge in [0.2, 0.25) is 5.82 Å². The quantitative estimate of drug-likeness (QED) is 0.411. The highest BCUT2D eigenvalue weighted by Crippen LogP contribution is 2.36. The molecule has 28 heavy (non-hydrogen) atoms. The van der Waals surface area contributed by atoms with Gasteiger partial charge in [0.1, 0.15) is 17.9 Å². The monoisotopic (exact) mass is 402 g/mol. The summed E-state index contributed by atoms with van der Waals surface area (Å²) in [6.07, 6.45) is 1.14. The summed E-state index contributed by atoms with van der Waals surface area (Å²) < 4.78 is 18.9. The minimum Gasteiger partial charge on any atom is -0.434 e. The number of hydrogen-bond acceptors (Lipinski definition) is 6. The molecule has 0 radical (unpaired) electrons. The molecule has 0 aliphatic carbocycles. The van der Waals surface area contributed by atoms with Gasteiger partial charge in [-0.1, -0.05) is 37.6 Å². The molecule has 2 aromatic carbocycles. The van der Waals surface area contributed by atoms with Crippen molar-refractivity contribution in [1.82, 2.24) is 9.97 Å². The minimum absolute atomic E-state index is 0.100. The molecule has 1 N–H and O–H groups in total. The third-order valence-corrected chi connectivity index (χ3v) is 4.20. The van der Waals surface area contributed by atoms with Crippen LogP contribution >= 0.6 is 11.6 Å². The van der Waals surface area contributed by atoms with Gasteiger partial charge in [-0.2, -0.15) is 4.98 Å². The largest absolute Gasteiger partial charge is 0.434 e. The number of anilines is 2. The molecule has 0 unspecified atom stereocenters. The molecule has 3 rings (SSSR count). The fraction of sp³-hybridized carbons (Fsp3) is 0.158. The molecule has 0 bridgehead atoms. The van der Waals surface area contributed by atoms with Crippen LogP contribution < -0.4 is 10.1 Å². The molecular weight excluding hydrogens is 387 g/mol. The van der Waals surface area contributed by atoms with Crippen LogP contribution in [0.2, 0.25) is 5.02 Å². The molecule has 9 heteroatoms. The van der Waals surface area contributed by atoms with E-state index < -0.39 is 16.4 Å². The number of hydrogen-bond donors (Lipinski definition) is 1. The van der Waals surface area contributed by atoms with Gasteiger partial charge in [-0.25, -0.2) is 9.37 Å². The summed E-state index contributed by atoms with van der Waals surface area (Å²) in [7, 11) is 0. The number of nitrogens with one attached hydrogen (secondary N) is 1. The highest BCUT2D eigenvalue weighted by atomic mass is 35.5. The number of rotatable bonds is 6. The molecule has 0 amide bonds. The van der Waals surface area contributed by atoms with Crippen molar-refractivity contribution in [2.75, 3.05) is 5.32 Å². The summed E-state index contributed by atoms with van der Waals surface area (Å²) in [4.78, 5) is 18.8. The van der Waals surface area contributed by atoms with Crippen LogP contribution in [-0.2, 0) is 0 Å². The molecule has 7 nitrogen and oxygen atoms in total. The zero-order valence-corrected chi connectivity index (χ0v) is 15.8.